The third kappa shape index (κ3) is 5.27. The van der Waals surface area contributed by atoms with Crippen LogP contribution in [-0.4, -0.2) is 33.8 Å². The molecular formula is C12H19N3O3S. The van der Waals surface area contributed by atoms with Crippen molar-refractivity contribution in [2.45, 2.75) is 17.9 Å². The summed E-state index contributed by atoms with van der Waals surface area (Å²) in [5.41, 5.74) is 5.92. The van der Waals surface area contributed by atoms with Gasteiger partial charge in [-0.25, -0.2) is 13.2 Å². The predicted molar refractivity (Wildman–Crippen MR) is 73.6 cm³/mol. The van der Waals surface area contributed by atoms with Gasteiger partial charge in [0.1, 0.15) is 0 Å². The number of carbonyl (C=O) groups excluding carboxylic acids is 1. The highest BCUT2D eigenvalue weighted by Crippen LogP contribution is 2.15. The van der Waals surface area contributed by atoms with Gasteiger partial charge in [0.2, 0.25) is 0 Å². The summed E-state index contributed by atoms with van der Waals surface area (Å²) in [6.45, 7) is 2.98. The molecule has 0 fully saturated rings. The van der Waals surface area contributed by atoms with Gasteiger partial charge in [-0.2, -0.15) is 0 Å². The summed E-state index contributed by atoms with van der Waals surface area (Å²) in [4.78, 5) is 10.8. The quantitative estimate of drug-likeness (QED) is 0.659. The molecule has 1 rings (SSSR count). The first-order chi connectivity index (χ1) is 8.80. The van der Waals surface area contributed by atoms with Crippen LogP contribution in [0.4, 0.5) is 4.79 Å². The van der Waals surface area contributed by atoms with E-state index < -0.39 is 15.9 Å². The molecule has 1 unspecified atom stereocenters. The fourth-order valence-electron chi connectivity index (χ4n) is 1.60. The third-order valence-corrected chi connectivity index (χ3v) is 3.81. The van der Waals surface area contributed by atoms with Gasteiger partial charge in [0.05, 0.1) is 4.90 Å². The van der Waals surface area contributed by atoms with Gasteiger partial charge >= 0.3 is 6.03 Å². The second kappa shape index (κ2) is 6.53. The summed E-state index contributed by atoms with van der Waals surface area (Å²) in [5, 5.41) is 5.67. The summed E-state index contributed by atoms with van der Waals surface area (Å²) in [7, 11) is -3.16. The maximum Gasteiger partial charge on any atom is 0.312 e. The van der Waals surface area contributed by atoms with Gasteiger partial charge in [-0.05, 0) is 24.6 Å². The van der Waals surface area contributed by atoms with Crippen molar-refractivity contribution in [3.8, 4) is 0 Å². The van der Waals surface area contributed by atoms with Gasteiger partial charge in [0.25, 0.3) is 0 Å². The highest BCUT2D eigenvalue weighted by molar-refractivity contribution is 7.90. The number of sulfone groups is 1. The number of hydrogen-bond acceptors (Lipinski definition) is 4. The summed E-state index contributed by atoms with van der Waals surface area (Å²) in [5.74, 6) is 0. The largest absolute Gasteiger partial charge is 0.352 e. The van der Waals surface area contributed by atoms with Gasteiger partial charge in [-0.15, -0.1) is 0 Å². The zero-order valence-electron chi connectivity index (χ0n) is 11.0. The third-order valence-electron chi connectivity index (χ3n) is 2.68. The van der Waals surface area contributed by atoms with Crippen molar-refractivity contribution in [2.75, 3.05) is 19.3 Å². The first-order valence-corrected chi connectivity index (χ1v) is 7.76. The van der Waals surface area contributed by atoms with Crippen molar-refractivity contribution < 1.29 is 13.2 Å². The smallest absolute Gasteiger partial charge is 0.312 e. The zero-order valence-corrected chi connectivity index (χ0v) is 11.8. The van der Waals surface area contributed by atoms with Crippen molar-refractivity contribution in [3.05, 3.63) is 29.8 Å². The number of amides is 2. The monoisotopic (exact) mass is 285 g/mol. The number of hydrogen-bond donors (Lipinski definition) is 3. The lowest BCUT2D eigenvalue weighted by molar-refractivity contribution is 0.249. The van der Waals surface area contributed by atoms with E-state index in [-0.39, 0.29) is 6.04 Å². The molecule has 6 nitrogen and oxygen atoms in total. The van der Waals surface area contributed by atoms with E-state index in [1.165, 1.54) is 6.26 Å². The van der Waals surface area contributed by atoms with E-state index in [0.717, 1.165) is 5.56 Å². The van der Waals surface area contributed by atoms with Gasteiger partial charge in [-0.3, -0.25) is 0 Å². The summed E-state index contributed by atoms with van der Waals surface area (Å²) < 4.78 is 22.6. The Morgan fingerprint density at radius 2 is 1.84 bits per heavy atom. The van der Waals surface area contributed by atoms with Crippen LogP contribution in [0, 0.1) is 0 Å². The van der Waals surface area contributed by atoms with Crippen LogP contribution in [0.15, 0.2) is 29.2 Å². The normalized spacial score (nSPS) is 12.9. The molecule has 0 aliphatic carbocycles. The summed E-state index contributed by atoms with van der Waals surface area (Å²) in [6.07, 6.45) is 1.18. The Morgan fingerprint density at radius 3 is 2.32 bits per heavy atom. The number of urea groups is 1. The summed E-state index contributed by atoms with van der Waals surface area (Å²) >= 11 is 0. The molecule has 4 N–H and O–H groups in total. The molecule has 2 amide bonds. The lowest BCUT2D eigenvalue weighted by Gasteiger charge is -2.14. The Labute approximate surface area is 113 Å². The molecule has 7 heteroatoms. The van der Waals surface area contributed by atoms with E-state index in [2.05, 4.69) is 10.6 Å². The van der Waals surface area contributed by atoms with Crippen LogP contribution in [0.25, 0.3) is 0 Å². The molecule has 0 aliphatic heterocycles. The van der Waals surface area contributed by atoms with Crippen LogP contribution in [-0.2, 0) is 9.84 Å². The number of carbonyl (C=O) groups is 1. The molecule has 1 aromatic rings. The average molecular weight is 285 g/mol. The van der Waals surface area contributed by atoms with Gasteiger partial charge in [0.15, 0.2) is 9.84 Å². The Bertz CT molecular complexity index is 526. The molecule has 106 valence electrons. The van der Waals surface area contributed by atoms with E-state index in [4.69, 9.17) is 5.73 Å². The average Bonchev–Trinajstić information content (AvgIpc) is 2.33. The highest BCUT2D eigenvalue weighted by Gasteiger charge is 2.09. The minimum absolute atomic E-state index is 0.0586. The minimum Gasteiger partial charge on any atom is -0.352 e. The van der Waals surface area contributed by atoms with Crippen molar-refractivity contribution >= 4 is 15.9 Å². The van der Waals surface area contributed by atoms with Crippen LogP contribution >= 0.6 is 0 Å². The second-order valence-corrected chi connectivity index (χ2v) is 6.32. The molecule has 0 bridgehead atoms. The standard InChI is InChI=1S/C12H19N3O3S/c1-9(14-7-8-15-12(13)16)10-3-5-11(6-4-10)19(2,17)18/h3-6,9,14H,7-8H2,1-2H3,(H3,13,15,16). The Balaban J connectivity index is 2.54. The second-order valence-electron chi connectivity index (χ2n) is 4.31. The number of primary amides is 1. The molecular weight excluding hydrogens is 266 g/mol. The topological polar surface area (TPSA) is 101 Å². The van der Waals surface area contributed by atoms with E-state index in [9.17, 15) is 13.2 Å². The fraction of sp³-hybridized carbons (Fsp3) is 0.417. The van der Waals surface area contributed by atoms with Gasteiger partial charge in [-0.1, -0.05) is 12.1 Å². The van der Waals surface area contributed by atoms with Crippen LogP contribution in [0.5, 0.6) is 0 Å². The number of nitrogens with two attached hydrogens (primary N) is 1. The maximum absolute atomic E-state index is 11.3. The van der Waals surface area contributed by atoms with Crippen LogP contribution in [0.3, 0.4) is 0 Å². The highest BCUT2D eigenvalue weighted by atomic mass is 32.2. The molecule has 0 aliphatic rings. The summed E-state index contributed by atoms with van der Waals surface area (Å²) in [6, 6.07) is 6.23. The van der Waals surface area contributed by atoms with Crippen molar-refractivity contribution in [3.63, 3.8) is 0 Å². The maximum atomic E-state index is 11.3. The first kappa shape index (κ1) is 15.5. The lowest BCUT2D eigenvalue weighted by Crippen LogP contribution is -2.36. The Morgan fingerprint density at radius 1 is 1.26 bits per heavy atom. The fourth-order valence-corrected chi connectivity index (χ4v) is 2.23. The first-order valence-electron chi connectivity index (χ1n) is 5.87. The number of rotatable bonds is 6. The molecule has 0 saturated heterocycles. The van der Waals surface area contributed by atoms with E-state index in [1.807, 2.05) is 6.92 Å². The molecule has 0 heterocycles. The van der Waals surface area contributed by atoms with E-state index in [1.54, 1.807) is 24.3 Å². The lowest BCUT2D eigenvalue weighted by atomic mass is 10.1. The molecule has 19 heavy (non-hydrogen) atoms. The molecule has 1 atom stereocenters. The molecule has 1 aromatic carbocycles. The zero-order chi connectivity index (χ0) is 14.5. The van der Waals surface area contributed by atoms with Crippen LogP contribution in [0.2, 0.25) is 0 Å². The molecule has 0 spiro atoms. The molecule has 0 saturated carbocycles. The van der Waals surface area contributed by atoms with Gasteiger partial charge < -0.3 is 16.4 Å². The van der Waals surface area contributed by atoms with Crippen molar-refractivity contribution in [1.82, 2.24) is 10.6 Å². The molecule has 0 aromatic heterocycles. The van der Waals surface area contributed by atoms with E-state index in [0.29, 0.717) is 18.0 Å². The number of benzene rings is 1. The predicted octanol–water partition coefficient (Wildman–Crippen LogP) is 0.409. The minimum atomic E-state index is -3.16. The van der Waals surface area contributed by atoms with Crippen molar-refractivity contribution in [2.24, 2.45) is 5.73 Å². The van der Waals surface area contributed by atoms with Gasteiger partial charge in [0, 0.05) is 25.4 Å². The Kier molecular flexibility index (Phi) is 5.31. The van der Waals surface area contributed by atoms with E-state index >= 15 is 0 Å². The Hall–Kier alpha value is -1.60. The van der Waals surface area contributed by atoms with Crippen LogP contribution < -0.4 is 16.4 Å². The SMILES string of the molecule is CC(NCCNC(N)=O)c1ccc(S(C)(=O)=O)cc1. The number of nitrogens with one attached hydrogen (secondary N) is 2. The van der Waals surface area contributed by atoms with Crippen molar-refractivity contribution in [1.29, 1.82) is 0 Å². The van der Waals surface area contributed by atoms with Crippen LogP contribution in [0.1, 0.15) is 18.5 Å². The molecule has 0 radical (unpaired) electrons.